The molecule has 1 aliphatic rings. The zero-order valence-electron chi connectivity index (χ0n) is 25.3. The number of hydrogen-bond acceptors (Lipinski definition) is 4. The van der Waals surface area contributed by atoms with Crippen LogP contribution in [0.5, 0.6) is 0 Å². The Bertz CT molecular complexity index is 1590. The monoisotopic (exact) mass is 589 g/mol. The quantitative estimate of drug-likeness (QED) is 0.198. The molecular weight excluding hydrogens is 550 g/mol. The number of urea groups is 1. The lowest BCUT2D eigenvalue weighted by Crippen LogP contribution is -2.46. The first-order valence-electron chi connectivity index (χ1n) is 15.2. The standard InChI is InChI=1S/C37H39N3O4/c1-3-44-36(42)31-13-9-14-32(23-31)39-37(43)38-24-34(41)40(25-28-10-5-4-6-11-28)35-30(22-27-18-16-26(2)17-19-27)21-20-29-12-7-8-15-33(29)35/h4-19,23,30,35H,3,20-22,24-25H2,1-2H3,(H2,38,39,43). The summed E-state index contributed by atoms with van der Waals surface area (Å²) < 4.78 is 5.06. The van der Waals surface area contributed by atoms with Crippen molar-refractivity contribution >= 4 is 23.6 Å². The van der Waals surface area contributed by atoms with Crippen molar-refractivity contribution < 1.29 is 19.1 Å². The molecule has 0 aliphatic heterocycles. The molecule has 0 radical (unpaired) electrons. The van der Waals surface area contributed by atoms with Gasteiger partial charge in [-0.2, -0.15) is 0 Å². The molecule has 0 bridgehead atoms. The summed E-state index contributed by atoms with van der Waals surface area (Å²) >= 11 is 0. The van der Waals surface area contributed by atoms with Crippen LogP contribution in [-0.2, 0) is 28.9 Å². The number of benzene rings is 4. The van der Waals surface area contributed by atoms with E-state index in [-0.39, 0.29) is 31.0 Å². The third-order valence-corrected chi connectivity index (χ3v) is 8.11. The molecule has 5 rings (SSSR count). The van der Waals surface area contributed by atoms with Crippen molar-refractivity contribution in [2.45, 2.75) is 45.7 Å². The van der Waals surface area contributed by atoms with Gasteiger partial charge in [0, 0.05) is 12.2 Å². The molecule has 3 amide bonds. The summed E-state index contributed by atoms with van der Waals surface area (Å²) in [5, 5.41) is 5.48. The van der Waals surface area contributed by atoms with Gasteiger partial charge in [-0.25, -0.2) is 9.59 Å². The summed E-state index contributed by atoms with van der Waals surface area (Å²) in [4.78, 5) is 41.1. The molecule has 4 aromatic rings. The number of rotatable bonds is 10. The van der Waals surface area contributed by atoms with E-state index in [9.17, 15) is 14.4 Å². The van der Waals surface area contributed by atoms with Gasteiger partial charge in [0.2, 0.25) is 5.91 Å². The molecule has 2 unspecified atom stereocenters. The Morgan fingerprint density at radius 3 is 2.39 bits per heavy atom. The predicted molar refractivity (Wildman–Crippen MR) is 172 cm³/mol. The summed E-state index contributed by atoms with van der Waals surface area (Å²) in [5.41, 5.74) is 6.69. The van der Waals surface area contributed by atoms with E-state index in [0.717, 1.165) is 24.8 Å². The van der Waals surface area contributed by atoms with Crippen LogP contribution < -0.4 is 10.6 Å². The van der Waals surface area contributed by atoms with E-state index in [1.165, 1.54) is 22.3 Å². The molecular formula is C37H39N3O4. The van der Waals surface area contributed by atoms with Gasteiger partial charge in [-0.05, 0) is 79.5 Å². The van der Waals surface area contributed by atoms with Crippen molar-refractivity contribution in [2.75, 3.05) is 18.5 Å². The summed E-state index contributed by atoms with van der Waals surface area (Å²) in [7, 11) is 0. The van der Waals surface area contributed by atoms with Gasteiger partial charge >= 0.3 is 12.0 Å². The molecule has 0 fully saturated rings. The number of amides is 3. The van der Waals surface area contributed by atoms with Gasteiger partial charge in [-0.1, -0.05) is 90.5 Å². The van der Waals surface area contributed by atoms with Crippen LogP contribution in [0.4, 0.5) is 10.5 Å². The molecule has 226 valence electrons. The molecule has 1 aliphatic carbocycles. The number of nitrogens with zero attached hydrogens (tertiary/aromatic N) is 1. The van der Waals surface area contributed by atoms with Gasteiger partial charge in [0.15, 0.2) is 0 Å². The van der Waals surface area contributed by atoms with Crippen molar-refractivity contribution in [3.05, 3.63) is 137 Å². The lowest BCUT2D eigenvalue weighted by molar-refractivity contribution is -0.135. The summed E-state index contributed by atoms with van der Waals surface area (Å²) in [5.74, 6) is -0.421. The van der Waals surface area contributed by atoms with E-state index in [1.54, 1.807) is 31.2 Å². The Hall–Kier alpha value is -4.91. The minimum Gasteiger partial charge on any atom is -0.462 e. The van der Waals surface area contributed by atoms with Gasteiger partial charge in [-0.15, -0.1) is 0 Å². The lowest BCUT2D eigenvalue weighted by atomic mass is 9.76. The summed E-state index contributed by atoms with van der Waals surface area (Å²) in [6.45, 7) is 4.34. The number of fused-ring (bicyclic) bond motifs is 1. The second-order valence-electron chi connectivity index (χ2n) is 11.2. The molecule has 2 atom stereocenters. The molecule has 0 heterocycles. The van der Waals surface area contributed by atoms with E-state index < -0.39 is 12.0 Å². The van der Waals surface area contributed by atoms with Crippen molar-refractivity contribution in [3.63, 3.8) is 0 Å². The number of hydrogen-bond donors (Lipinski definition) is 2. The van der Waals surface area contributed by atoms with E-state index in [0.29, 0.717) is 17.8 Å². The number of aryl methyl sites for hydroxylation is 2. The Labute approximate surface area is 259 Å². The smallest absolute Gasteiger partial charge is 0.338 e. The zero-order chi connectivity index (χ0) is 30.9. The van der Waals surface area contributed by atoms with Gasteiger partial charge in [0.1, 0.15) is 0 Å². The number of carbonyl (C=O) groups excluding carboxylic acids is 3. The average Bonchev–Trinajstić information content (AvgIpc) is 3.04. The van der Waals surface area contributed by atoms with E-state index in [2.05, 4.69) is 60.0 Å². The van der Waals surface area contributed by atoms with Gasteiger partial charge in [-0.3, -0.25) is 4.79 Å². The summed E-state index contributed by atoms with van der Waals surface area (Å²) in [6, 6.07) is 32.9. The topological polar surface area (TPSA) is 87.7 Å². The fourth-order valence-corrected chi connectivity index (χ4v) is 5.96. The van der Waals surface area contributed by atoms with E-state index in [4.69, 9.17) is 4.74 Å². The van der Waals surface area contributed by atoms with Gasteiger partial charge in [0.25, 0.3) is 0 Å². The second kappa shape index (κ2) is 14.5. The Kier molecular flexibility index (Phi) is 10.1. The van der Waals surface area contributed by atoms with Crippen molar-refractivity contribution in [3.8, 4) is 0 Å². The second-order valence-corrected chi connectivity index (χ2v) is 11.2. The molecule has 0 saturated carbocycles. The van der Waals surface area contributed by atoms with E-state index >= 15 is 0 Å². The maximum atomic E-state index is 14.1. The Balaban J connectivity index is 1.37. The first kappa shape index (κ1) is 30.5. The molecule has 44 heavy (non-hydrogen) atoms. The minimum absolute atomic E-state index is 0.153. The van der Waals surface area contributed by atoms with Crippen molar-refractivity contribution in [2.24, 2.45) is 5.92 Å². The van der Waals surface area contributed by atoms with Crippen LogP contribution >= 0.6 is 0 Å². The van der Waals surface area contributed by atoms with Crippen molar-refractivity contribution in [1.29, 1.82) is 0 Å². The molecule has 0 spiro atoms. The molecule has 0 saturated heterocycles. The van der Waals surface area contributed by atoms with Crippen LogP contribution in [0.3, 0.4) is 0 Å². The van der Waals surface area contributed by atoms with Crippen LogP contribution in [0, 0.1) is 12.8 Å². The molecule has 2 N–H and O–H groups in total. The first-order chi connectivity index (χ1) is 21.4. The largest absolute Gasteiger partial charge is 0.462 e. The predicted octanol–water partition coefficient (Wildman–Crippen LogP) is 6.87. The highest BCUT2D eigenvalue weighted by atomic mass is 16.5. The molecule has 7 heteroatoms. The number of ether oxygens (including phenoxy) is 1. The third kappa shape index (κ3) is 7.72. The normalized spacial score (nSPS) is 15.5. The highest BCUT2D eigenvalue weighted by Crippen LogP contribution is 2.41. The molecule has 0 aromatic heterocycles. The van der Waals surface area contributed by atoms with Gasteiger partial charge in [0.05, 0.1) is 24.8 Å². The number of anilines is 1. The molecule has 7 nitrogen and oxygen atoms in total. The minimum atomic E-state index is -0.528. The highest BCUT2D eigenvalue weighted by Gasteiger charge is 2.36. The number of esters is 1. The molecule has 4 aromatic carbocycles. The zero-order valence-corrected chi connectivity index (χ0v) is 25.3. The fraction of sp³-hybridized carbons (Fsp3) is 0.270. The maximum Gasteiger partial charge on any atom is 0.338 e. The SMILES string of the molecule is CCOC(=O)c1cccc(NC(=O)NCC(=O)N(Cc2ccccc2)C2c3ccccc3CCC2Cc2ccc(C)cc2)c1. The number of carbonyl (C=O) groups is 3. The third-order valence-electron chi connectivity index (χ3n) is 8.11. The van der Waals surface area contributed by atoms with Crippen LogP contribution in [0.25, 0.3) is 0 Å². The summed E-state index contributed by atoms with van der Waals surface area (Å²) in [6.07, 6.45) is 2.77. The van der Waals surface area contributed by atoms with Crippen LogP contribution in [-0.4, -0.2) is 36.0 Å². The Morgan fingerprint density at radius 2 is 1.61 bits per heavy atom. The fourth-order valence-electron chi connectivity index (χ4n) is 5.96. The number of nitrogens with one attached hydrogen (secondary N) is 2. The van der Waals surface area contributed by atoms with Crippen LogP contribution in [0.2, 0.25) is 0 Å². The highest BCUT2D eigenvalue weighted by molar-refractivity contribution is 5.95. The first-order valence-corrected chi connectivity index (χ1v) is 15.2. The van der Waals surface area contributed by atoms with Crippen molar-refractivity contribution in [1.82, 2.24) is 10.2 Å². The van der Waals surface area contributed by atoms with Crippen LogP contribution in [0.15, 0.2) is 103 Å². The maximum absolute atomic E-state index is 14.1. The van der Waals surface area contributed by atoms with Crippen LogP contribution in [0.1, 0.15) is 57.6 Å². The van der Waals surface area contributed by atoms with E-state index in [1.807, 2.05) is 41.3 Å². The Morgan fingerprint density at radius 1 is 0.864 bits per heavy atom. The average molecular weight is 590 g/mol. The lowest BCUT2D eigenvalue weighted by Gasteiger charge is -2.42. The van der Waals surface area contributed by atoms with Gasteiger partial charge < -0.3 is 20.3 Å².